The maximum absolute atomic E-state index is 12.9. The SMILES string of the molecule is O=C(NC1CCN(S(=O)(=O)c2ccc(Cl)c(Cl)c2)CC1)NC12CC3CC(CC(C3)C1)C2. The number of carbonyl (C=O) groups is 1. The molecule has 0 spiro atoms. The van der Waals surface area contributed by atoms with Crippen LogP contribution in [-0.4, -0.2) is 43.4 Å². The highest BCUT2D eigenvalue weighted by atomic mass is 35.5. The molecule has 2 N–H and O–H groups in total. The van der Waals surface area contributed by atoms with E-state index in [0.29, 0.717) is 31.0 Å². The third-order valence-electron chi connectivity index (χ3n) is 7.73. The molecule has 6 rings (SSSR count). The van der Waals surface area contributed by atoms with Crippen LogP contribution in [0.15, 0.2) is 23.1 Å². The molecule has 1 saturated heterocycles. The summed E-state index contributed by atoms with van der Waals surface area (Å²) in [4.78, 5) is 12.9. The molecule has 5 fully saturated rings. The van der Waals surface area contributed by atoms with Crippen molar-refractivity contribution >= 4 is 39.3 Å². The van der Waals surface area contributed by atoms with Gasteiger partial charge in [0.1, 0.15) is 0 Å². The summed E-state index contributed by atoms with van der Waals surface area (Å²) in [6.45, 7) is 0.732. The number of halogens is 2. The van der Waals surface area contributed by atoms with Crippen molar-refractivity contribution in [2.75, 3.05) is 13.1 Å². The molecule has 31 heavy (non-hydrogen) atoms. The van der Waals surface area contributed by atoms with E-state index in [0.717, 1.165) is 37.0 Å². The molecule has 6 nitrogen and oxygen atoms in total. The molecule has 0 aromatic heterocycles. The summed E-state index contributed by atoms with van der Waals surface area (Å²) in [5, 5.41) is 7.00. The van der Waals surface area contributed by atoms with Crippen LogP contribution in [0, 0.1) is 17.8 Å². The standard InChI is InChI=1S/C22H29Cl2N3O3S/c23-19-2-1-18(10-20(19)24)31(29,30)27-5-3-17(4-6-27)25-21(28)26-22-11-14-7-15(12-22)9-16(8-14)13-22/h1-2,10,14-17H,3-9,11-13H2,(H2,25,26,28). The Morgan fingerprint density at radius 2 is 1.55 bits per heavy atom. The fourth-order valence-corrected chi connectivity index (χ4v) is 8.61. The van der Waals surface area contributed by atoms with E-state index in [4.69, 9.17) is 23.2 Å². The first kappa shape index (κ1) is 21.8. The van der Waals surface area contributed by atoms with Crippen LogP contribution in [0.25, 0.3) is 0 Å². The second-order valence-corrected chi connectivity index (χ2v) is 12.8. The lowest BCUT2D eigenvalue weighted by atomic mass is 9.53. The van der Waals surface area contributed by atoms with E-state index in [2.05, 4.69) is 10.6 Å². The highest BCUT2D eigenvalue weighted by Gasteiger charge is 2.51. The van der Waals surface area contributed by atoms with Crippen LogP contribution in [0.5, 0.6) is 0 Å². The first-order valence-corrected chi connectivity index (χ1v) is 13.5. The van der Waals surface area contributed by atoms with E-state index in [-0.39, 0.29) is 27.5 Å². The van der Waals surface area contributed by atoms with Gasteiger partial charge in [-0.1, -0.05) is 23.2 Å². The molecule has 9 heteroatoms. The number of sulfonamides is 1. The molecule has 1 aliphatic heterocycles. The van der Waals surface area contributed by atoms with Gasteiger partial charge in [0.05, 0.1) is 14.9 Å². The van der Waals surface area contributed by atoms with Crippen LogP contribution < -0.4 is 10.6 Å². The minimum absolute atomic E-state index is 0.0171. The second kappa shape index (κ2) is 8.08. The third kappa shape index (κ3) is 4.31. The highest BCUT2D eigenvalue weighted by Crippen LogP contribution is 2.55. The van der Waals surface area contributed by atoms with Crippen LogP contribution >= 0.6 is 23.2 Å². The zero-order valence-electron chi connectivity index (χ0n) is 17.4. The van der Waals surface area contributed by atoms with Crippen molar-refractivity contribution < 1.29 is 13.2 Å². The van der Waals surface area contributed by atoms with E-state index >= 15 is 0 Å². The zero-order chi connectivity index (χ0) is 21.8. The molecule has 4 saturated carbocycles. The molecule has 5 aliphatic rings. The summed E-state index contributed by atoms with van der Waals surface area (Å²) >= 11 is 11.9. The van der Waals surface area contributed by atoms with Gasteiger partial charge in [0, 0.05) is 24.7 Å². The Kier molecular flexibility index (Phi) is 5.69. The van der Waals surface area contributed by atoms with E-state index < -0.39 is 10.0 Å². The van der Waals surface area contributed by atoms with E-state index in [9.17, 15) is 13.2 Å². The smallest absolute Gasteiger partial charge is 0.315 e. The third-order valence-corrected chi connectivity index (χ3v) is 10.4. The molecule has 0 unspecified atom stereocenters. The highest BCUT2D eigenvalue weighted by molar-refractivity contribution is 7.89. The summed E-state index contributed by atoms with van der Waals surface area (Å²) in [5.74, 6) is 2.34. The molecular weight excluding hydrogens is 457 g/mol. The van der Waals surface area contributed by atoms with Gasteiger partial charge >= 0.3 is 6.03 Å². The molecule has 170 valence electrons. The van der Waals surface area contributed by atoms with Crippen LogP contribution in [-0.2, 0) is 10.0 Å². The van der Waals surface area contributed by atoms with Crippen molar-refractivity contribution in [3.05, 3.63) is 28.2 Å². The normalized spacial score (nSPS) is 33.4. The summed E-state index contributed by atoms with van der Waals surface area (Å²) < 4.78 is 27.3. The average Bonchev–Trinajstić information content (AvgIpc) is 2.69. The number of urea groups is 1. The molecule has 4 aliphatic carbocycles. The van der Waals surface area contributed by atoms with Gasteiger partial charge in [0.15, 0.2) is 0 Å². The Morgan fingerprint density at radius 1 is 0.968 bits per heavy atom. The van der Waals surface area contributed by atoms with Crippen LogP contribution in [0.3, 0.4) is 0 Å². The van der Waals surface area contributed by atoms with Crippen molar-refractivity contribution in [3.8, 4) is 0 Å². The lowest BCUT2D eigenvalue weighted by Crippen LogP contribution is -2.62. The fourth-order valence-electron chi connectivity index (χ4n) is 6.75. The number of nitrogens with zero attached hydrogens (tertiary/aromatic N) is 1. The monoisotopic (exact) mass is 485 g/mol. The number of piperidine rings is 1. The molecular formula is C22H29Cl2N3O3S. The van der Waals surface area contributed by atoms with Crippen molar-refractivity contribution in [1.29, 1.82) is 0 Å². The number of hydrogen-bond donors (Lipinski definition) is 2. The summed E-state index contributed by atoms with van der Waals surface area (Å²) in [6, 6.07) is 4.26. The Morgan fingerprint density at radius 3 is 2.10 bits per heavy atom. The first-order valence-electron chi connectivity index (χ1n) is 11.3. The van der Waals surface area contributed by atoms with Crippen molar-refractivity contribution in [1.82, 2.24) is 14.9 Å². The van der Waals surface area contributed by atoms with Gasteiger partial charge in [-0.15, -0.1) is 0 Å². The van der Waals surface area contributed by atoms with Gasteiger partial charge in [-0.25, -0.2) is 13.2 Å². The first-order chi connectivity index (χ1) is 14.7. The molecule has 2 amide bonds. The number of benzene rings is 1. The second-order valence-electron chi connectivity index (χ2n) is 10.1. The van der Waals surface area contributed by atoms with Gasteiger partial charge in [-0.2, -0.15) is 4.31 Å². The predicted octanol–water partition coefficient (Wildman–Crippen LogP) is 4.41. The molecule has 0 atom stereocenters. The van der Waals surface area contributed by atoms with Gasteiger partial charge in [0.2, 0.25) is 10.0 Å². The number of carbonyl (C=O) groups excluding carboxylic acids is 1. The Hall–Kier alpha value is -1.02. The molecule has 4 bridgehead atoms. The Bertz CT molecular complexity index is 941. The number of amides is 2. The summed E-state index contributed by atoms with van der Waals surface area (Å²) in [5.41, 5.74) is -0.0171. The lowest BCUT2D eigenvalue weighted by molar-refractivity contribution is -0.0137. The van der Waals surface area contributed by atoms with Gasteiger partial charge < -0.3 is 10.6 Å². The number of nitrogens with one attached hydrogen (secondary N) is 2. The van der Waals surface area contributed by atoms with Crippen molar-refractivity contribution in [2.45, 2.75) is 67.8 Å². The Balaban J connectivity index is 1.16. The predicted molar refractivity (Wildman–Crippen MR) is 121 cm³/mol. The van der Waals surface area contributed by atoms with Gasteiger partial charge in [-0.3, -0.25) is 0 Å². The lowest BCUT2D eigenvalue weighted by Gasteiger charge is -2.56. The minimum atomic E-state index is -3.63. The average molecular weight is 486 g/mol. The largest absolute Gasteiger partial charge is 0.335 e. The quantitative estimate of drug-likeness (QED) is 0.662. The van der Waals surface area contributed by atoms with Crippen molar-refractivity contribution in [3.63, 3.8) is 0 Å². The zero-order valence-corrected chi connectivity index (χ0v) is 19.8. The summed E-state index contributed by atoms with van der Waals surface area (Å²) in [6.07, 6.45) is 8.56. The van der Waals surface area contributed by atoms with E-state index in [1.54, 1.807) is 0 Å². The molecule has 1 heterocycles. The van der Waals surface area contributed by atoms with Gasteiger partial charge in [0.25, 0.3) is 0 Å². The maximum Gasteiger partial charge on any atom is 0.315 e. The number of hydrogen-bond acceptors (Lipinski definition) is 3. The molecule has 0 radical (unpaired) electrons. The van der Waals surface area contributed by atoms with Crippen molar-refractivity contribution in [2.24, 2.45) is 17.8 Å². The number of rotatable bonds is 4. The fraction of sp³-hybridized carbons (Fsp3) is 0.682. The topological polar surface area (TPSA) is 78.5 Å². The van der Waals surface area contributed by atoms with Crippen LogP contribution in [0.2, 0.25) is 10.0 Å². The molecule has 1 aromatic rings. The van der Waals surface area contributed by atoms with E-state index in [1.807, 2.05) is 0 Å². The Labute approximate surface area is 194 Å². The van der Waals surface area contributed by atoms with Gasteiger partial charge in [-0.05, 0) is 87.3 Å². The summed E-state index contributed by atoms with van der Waals surface area (Å²) in [7, 11) is -3.63. The maximum atomic E-state index is 12.9. The van der Waals surface area contributed by atoms with Crippen LogP contribution in [0.1, 0.15) is 51.4 Å². The molecule has 1 aromatic carbocycles. The van der Waals surface area contributed by atoms with E-state index in [1.165, 1.54) is 41.8 Å². The minimum Gasteiger partial charge on any atom is -0.335 e. The van der Waals surface area contributed by atoms with Crippen LogP contribution in [0.4, 0.5) is 4.79 Å².